The van der Waals surface area contributed by atoms with E-state index in [2.05, 4.69) is 10.6 Å². The van der Waals surface area contributed by atoms with Crippen LogP contribution in [0.3, 0.4) is 0 Å². The summed E-state index contributed by atoms with van der Waals surface area (Å²) < 4.78 is 15.3. The number of esters is 1. The molecule has 0 fully saturated rings. The number of para-hydroxylation sites is 3. The Kier molecular flexibility index (Phi) is 6.26. The molecule has 8 nitrogen and oxygen atoms in total. The third-order valence-electron chi connectivity index (χ3n) is 3.86. The van der Waals surface area contributed by atoms with Crippen molar-refractivity contribution in [2.75, 3.05) is 24.4 Å². The monoisotopic (exact) mass is 394 g/mol. The summed E-state index contributed by atoms with van der Waals surface area (Å²) in [7, 11) is 1.49. The number of hydrogen-bond acceptors (Lipinski definition) is 6. The Hall–Kier alpha value is -4.07. The van der Waals surface area contributed by atoms with E-state index in [0.717, 1.165) is 0 Å². The van der Waals surface area contributed by atoms with Gasteiger partial charge in [-0.1, -0.05) is 24.3 Å². The fourth-order valence-corrected chi connectivity index (χ4v) is 2.50. The van der Waals surface area contributed by atoms with Gasteiger partial charge in [-0.2, -0.15) is 0 Å². The molecule has 1 heterocycles. The molecule has 0 aliphatic heterocycles. The maximum Gasteiger partial charge on any atom is 0.340 e. The molecule has 2 amide bonds. The number of nitrogens with one attached hydrogen (secondary N) is 2. The van der Waals surface area contributed by atoms with Crippen LogP contribution in [-0.2, 0) is 9.53 Å². The maximum absolute atomic E-state index is 12.4. The normalized spacial score (nSPS) is 10.1. The number of hydrogen-bond donors (Lipinski definition) is 2. The van der Waals surface area contributed by atoms with Gasteiger partial charge in [0.05, 0.1) is 30.3 Å². The van der Waals surface area contributed by atoms with Crippen molar-refractivity contribution in [1.82, 2.24) is 0 Å². The van der Waals surface area contributed by atoms with Crippen LogP contribution in [0.2, 0.25) is 0 Å². The molecule has 2 aromatic carbocycles. The molecule has 2 N–H and O–H groups in total. The minimum Gasteiger partial charge on any atom is -0.495 e. The summed E-state index contributed by atoms with van der Waals surface area (Å²) in [6.07, 6.45) is 1.37. The average molecular weight is 394 g/mol. The maximum atomic E-state index is 12.4. The number of carbonyl (C=O) groups excluding carboxylic acids is 3. The first-order chi connectivity index (χ1) is 14.1. The standard InChI is InChI=1S/C21H18N2O6/c1-27-17-10-5-4-9-16(17)22-19(24)13-29-21(26)14-7-2-3-8-15(14)23-20(25)18-11-6-12-28-18/h2-12H,13H2,1H3,(H,22,24)(H,23,25). The number of furan rings is 1. The van der Waals surface area contributed by atoms with Crippen molar-refractivity contribution in [2.45, 2.75) is 0 Å². The van der Waals surface area contributed by atoms with Gasteiger partial charge in [-0.15, -0.1) is 0 Å². The molecule has 0 unspecified atom stereocenters. The Balaban J connectivity index is 1.62. The van der Waals surface area contributed by atoms with Crippen LogP contribution in [0.5, 0.6) is 5.75 Å². The number of methoxy groups -OCH3 is 1. The van der Waals surface area contributed by atoms with Gasteiger partial charge in [-0.3, -0.25) is 9.59 Å². The van der Waals surface area contributed by atoms with Gasteiger partial charge in [0.2, 0.25) is 0 Å². The molecule has 0 radical (unpaired) electrons. The summed E-state index contributed by atoms with van der Waals surface area (Å²) in [6, 6.07) is 16.2. The van der Waals surface area contributed by atoms with E-state index in [1.54, 1.807) is 48.5 Å². The molecule has 0 saturated heterocycles. The summed E-state index contributed by atoms with van der Waals surface area (Å²) in [6.45, 7) is -0.503. The molecule has 0 bridgehead atoms. The van der Waals surface area contributed by atoms with Crippen LogP contribution in [0, 0.1) is 0 Å². The molecule has 0 aliphatic carbocycles. The predicted molar refractivity (Wildman–Crippen MR) is 105 cm³/mol. The summed E-state index contributed by atoms with van der Waals surface area (Å²) in [5.74, 6) is -1.21. The molecule has 0 spiro atoms. The number of anilines is 2. The summed E-state index contributed by atoms with van der Waals surface area (Å²) in [5, 5.41) is 5.20. The fraction of sp³-hybridized carbons (Fsp3) is 0.0952. The second-order valence-electron chi connectivity index (χ2n) is 5.80. The minimum absolute atomic E-state index is 0.101. The van der Waals surface area contributed by atoms with Gasteiger partial charge in [0, 0.05) is 0 Å². The molecule has 0 aliphatic rings. The summed E-state index contributed by atoms with van der Waals surface area (Å²) in [5.41, 5.74) is 0.809. The van der Waals surface area contributed by atoms with Crippen LogP contribution < -0.4 is 15.4 Å². The van der Waals surface area contributed by atoms with Crippen molar-refractivity contribution >= 4 is 29.2 Å². The second-order valence-corrected chi connectivity index (χ2v) is 5.80. The number of ether oxygens (including phenoxy) is 2. The third kappa shape index (κ3) is 5.01. The van der Waals surface area contributed by atoms with Gasteiger partial charge < -0.3 is 24.5 Å². The average Bonchev–Trinajstić information content (AvgIpc) is 3.28. The van der Waals surface area contributed by atoms with Crippen molar-refractivity contribution < 1.29 is 28.3 Å². The SMILES string of the molecule is COc1ccccc1NC(=O)COC(=O)c1ccccc1NC(=O)c1ccco1. The summed E-state index contributed by atoms with van der Waals surface area (Å²) >= 11 is 0. The van der Waals surface area contributed by atoms with E-state index >= 15 is 0 Å². The Morgan fingerprint density at radius 2 is 1.62 bits per heavy atom. The molecule has 3 rings (SSSR count). The lowest BCUT2D eigenvalue weighted by atomic mass is 10.1. The first-order valence-corrected chi connectivity index (χ1v) is 8.62. The highest BCUT2D eigenvalue weighted by atomic mass is 16.5. The highest BCUT2D eigenvalue weighted by Gasteiger charge is 2.18. The molecular weight excluding hydrogens is 376 g/mol. The van der Waals surface area contributed by atoms with E-state index < -0.39 is 24.4 Å². The number of carbonyl (C=O) groups is 3. The van der Waals surface area contributed by atoms with Crippen LogP contribution >= 0.6 is 0 Å². The lowest BCUT2D eigenvalue weighted by molar-refractivity contribution is -0.119. The molecule has 3 aromatic rings. The number of rotatable bonds is 7. The molecule has 0 saturated carbocycles. The van der Waals surface area contributed by atoms with E-state index in [-0.39, 0.29) is 17.0 Å². The van der Waals surface area contributed by atoms with Gasteiger partial charge in [0.25, 0.3) is 11.8 Å². The molecule has 8 heteroatoms. The minimum atomic E-state index is -0.754. The largest absolute Gasteiger partial charge is 0.495 e. The van der Waals surface area contributed by atoms with Crippen LogP contribution in [-0.4, -0.2) is 31.5 Å². The first kappa shape index (κ1) is 19.7. The van der Waals surface area contributed by atoms with Crippen LogP contribution in [0.1, 0.15) is 20.9 Å². The fourth-order valence-electron chi connectivity index (χ4n) is 2.50. The lowest BCUT2D eigenvalue weighted by Gasteiger charge is -2.11. The van der Waals surface area contributed by atoms with Crippen molar-refractivity contribution in [3.63, 3.8) is 0 Å². The van der Waals surface area contributed by atoms with Crippen molar-refractivity contribution in [1.29, 1.82) is 0 Å². The zero-order valence-corrected chi connectivity index (χ0v) is 15.5. The molecule has 29 heavy (non-hydrogen) atoms. The zero-order valence-electron chi connectivity index (χ0n) is 15.5. The molecule has 0 atom stereocenters. The van der Waals surface area contributed by atoms with E-state index in [0.29, 0.717) is 11.4 Å². The van der Waals surface area contributed by atoms with Crippen molar-refractivity contribution in [2.24, 2.45) is 0 Å². The third-order valence-corrected chi connectivity index (χ3v) is 3.86. The highest BCUT2D eigenvalue weighted by molar-refractivity contribution is 6.07. The van der Waals surface area contributed by atoms with Crippen molar-refractivity contribution in [3.05, 3.63) is 78.3 Å². The van der Waals surface area contributed by atoms with Gasteiger partial charge in [0.1, 0.15) is 5.75 Å². The highest BCUT2D eigenvalue weighted by Crippen LogP contribution is 2.23. The molecule has 148 valence electrons. The Morgan fingerprint density at radius 3 is 2.34 bits per heavy atom. The van der Waals surface area contributed by atoms with Gasteiger partial charge in [-0.25, -0.2) is 4.79 Å². The van der Waals surface area contributed by atoms with Gasteiger partial charge in [-0.05, 0) is 36.4 Å². The smallest absolute Gasteiger partial charge is 0.340 e. The van der Waals surface area contributed by atoms with Crippen LogP contribution in [0.4, 0.5) is 11.4 Å². The van der Waals surface area contributed by atoms with E-state index in [4.69, 9.17) is 13.9 Å². The van der Waals surface area contributed by atoms with E-state index in [1.807, 2.05) is 0 Å². The quantitative estimate of drug-likeness (QED) is 0.595. The molecule has 1 aromatic heterocycles. The Bertz CT molecular complexity index is 1010. The topological polar surface area (TPSA) is 107 Å². The van der Waals surface area contributed by atoms with Gasteiger partial charge >= 0.3 is 5.97 Å². The predicted octanol–water partition coefficient (Wildman–Crippen LogP) is 3.34. The van der Waals surface area contributed by atoms with Crippen LogP contribution in [0.15, 0.2) is 71.3 Å². The van der Waals surface area contributed by atoms with E-state index in [1.165, 1.54) is 25.5 Å². The Morgan fingerprint density at radius 1 is 0.897 bits per heavy atom. The Labute approximate surface area is 166 Å². The van der Waals surface area contributed by atoms with Crippen LogP contribution in [0.25, 0.3) is 0 Å². The van der Waals surface area contributed by atoms with Gasteiger partial charge in [0.15, 0.2) is 12.4 Å². The molecular formula is C21H18N2O6. The zero-order chi connectivity index (χ0) is 20.6. The first-order valence-electron chi connectivity index (χ1n) is 8.62. The van der Waals surface area contributed by atoms with E-state index in [9.17, 15) is 14.4 Å². The number of amides is 2. The summed E-state index contributed by atoms with van der Waals surface area (Å²) in [4.78, 5) is 36.7. The second kappa shape index (κ2) is 9.23. The van der Waals surface area contributed by atoms with Crippen molar-refractivity contribution in [3.8, 4) is 5.75 Å². The number of benzene rings is 2. The lowest BCUT2D eigenvalue weighted by Crippen LogP contribution is -2.22.